The first-order chi connectivity index (χ1) is 13.6. The summed E-state index contributed by atoms with van der Waals surface area (Å²) in [6, 6.07) is 15.6. The second-order valence-electron chi connectivity index (χ2n) is 6.41. The summed E-state index contributed by atoms with van der Waals surface area (Å²) < 4.78 is 0. The van der Waals surface area contributed by atoms with Gasteiger partial charge in [0.05, 0.1) is 0 Å². The molecule has 0 bridgehead atoms. The minimum atomic E-state index is -0.0665. The van der Waals surface area contributed by atoms with Gasteiger partial charge in [-0.05, 0) is 55.5 Å². The molecule has 0 radical (unpaired) electrons. The maximum atomic E-state index is 11.7. The van der Waals surface area contributed by atoms with Gasteiger partial charge in [0.15, 0.2) is 5.96 Å². The fraction of sp³-hybridized carbons (Fsp3) is 0.364. The van der Waals surface area contributed by atoms with E-state index >= 15 is 0 Å². The van der Waals surface area contributed by atoms with Crippen molar-refractivity contribution < 1.29 is 4.79 Å². The Kier molecular flexibility index (Phi) is 9.35. The maximum Gasteiger partial charge on any atom is 0.251 e. The minimum Gasteiger partial charge on any atom is -0.357 e. The van der Waals surface area contributed by atoms with Crippen molar-refractivity contribution in [2.45, 2.75) is 26.2 Å². The number of aliphatic imine (C=N–C) groups is 1. The summed E-state index contributed by atoms with van der Waals surface area (Å²) in [5.41, 5.74) is 2.96. The van der Waals surface area contributed by atoms with Gasteiger partial charge in [-0.25, -0.2) is 0 Å². The molecule has 1 amide bonds. The van der Waals surface area contributed by atoms with E-state index in [9.17, 15) is 4.79 Å². The Bertz CT molecular complexity index is 792. The van der Waals surface area contributed by atoms with E-state index in [1.54, 1.807) is 7.05 Å². The lowest BCUT2D eigenvalue weighted by atomic mass is 10.1. The van der Waals surface area contributed by atoms with Crippen molar-refractivity contribution in [2.75, 3.05) is 26.7 Å². The van der Waals surface area contributed by atoms with Crippen molar-refractivity contribution in [1.29, 1.82) is 0 Å². The minimum absolute atomic E-state index is 0.0665. The van der Waals surface area contributed by atoms with Gasteiger partial charge >= 0.3 is 0 Å². The fourth-order valence-corrected chi connectivity index (χ4v) is 3.07. The van der Waals surface area contributed by atoms with Gasteiger partial charge in [-0.15, -0.1) is 0 Å². The number of carbonyl (C=O) groups excluding carboxylic acids is 1. The first-order valence-electron chi connectivity index (χ1n) is 9.70. The molecule has 150 valence electrons. The molecule has 2 aromatic carbocycles. The number of halogens is 1. The van der Waals surface area contributed by atoms with E-state index < -0.39 is 0 Å². The van der Waals surface area contributed by atoms with Crippen LogP contribution < -0.4 is 16.0 Å². The average Bonchev–Trinajstić information content (AvgIpc) is 2.72. The van der Waals surface area contributed by atoms with Gasteiger partial charge in [-0.2, -0.15) is 0 Å². The van der Waals surface area contributed by atoms with Crippen molar-refractivity contribution in [2.24, 2.45) is 4.99 Å². The second-order valence-corrected chi connectivity index (χ2v) is 6.82. The smallest absolute Gasteiger partial charge is 0.251 e. The summed E-state index contributed by atoms with van der Waals surface area (Å²) in [5.74, 6) is 0.743. The number of guanidine groups is 1. The molecule has 0 atom stereocenters. The molecule has 0 fully saturated rings. The predicted octanol–water partition coefficient (Wildman–Crippen LogP) is 3.43. The largest absolute Gasteiger partial charge is 0.357 e. The van der Waals surface area contributed by atoms with Crippen LogP contribution >= 0.6 is 11.6 Å². The zero-order valence-corrected chi connectivity index (χ0v) is 17.4. The Morgan fingerprint density at radius 1 is 1.07 bits per heavy atom. The fourth-order valence-electron chi connectivity index (χ4n) is 2.84. The van der Waals surface area contributed by atoms with Crippen LogP contribution in [0.3, 0.4) is 0 Å². The first-order valence-corrected chi connectivity index (χ1v) is 10.1. The molecule has 3 N–H and O–H groups in total. The van der Waals surface area contributed by atoms with Crippen LogP contribution in [0.4, 0.5) is 0 Å². The number of hydrogen-bond acceptors (Lipinski definition) is 2. The molecule has 0 aromatic heterocycles. The zero-order chi connectivity index (χ0) is 20.2. The lowest BCUT2D eigenvalue weighted by Crippen LogP contribution is -2.38. The number of rotatable bonds is 9. The quantitative estimate of drug-likeness (QED) is 0.343. The number of nitrogens with zero attached hydrogens (tertiary/aromatic N) is 1. The molecule has 0 saturated carbocycles. The number of aryl methyl sites for hydroxylation is 1. The number of hydrogen-bond donors (Lipinski definition) is 3. The SMILES string of the molecule is CCNC(=NCCCc1ccccc1Cl)NCCc1cccc(C(=O)NC)c1. The lowest BCUT2D eigenvalue weighted by molar-refractivity contribution is 0.0963. The van der Waals surface area contributed by atoms with E-state index in [-0.39, 0.29) is 5.91 Å². The van der Waals surface area contributed by atoms with E-state index in [0.29, 0.717) is 5.56 Å². The first kappa shape index (κ1) is 21.8. The monoisotopic (exact) mass is 400 g/mol. The van der Waals surface area contributed by atoms with E-state index in [1.165, 1.54) is 0 Å². The third kappa shape index (κ3) is 7.24. The van der Waals surface area contributed by atoms with Crippen LogP contribution in [0.2, 0.25) is 5.02 Å². The highest BCUT2D eigenvalue weighted by molar-refractivity contribution is 6.31. The van der Waals surface area contributed by atoms with Crippen molar-refractivity contribution in [1.82, 2.24) is 16.0 Å². The highest BCUT2D eigenvalue weighted by Crippen LogP contribution is 2.16. The highest BCUT2D eigenvalue weighted by atomic mass is 35.5. The van der Waals surface area contributed by atoms with Crippen LogP contribution in [-0.4, -0.2) is 38.5 Å². The van der Waals surface area contributed by atoms with Crippen LogP contribution in [0.25, 0.3) is 0 Å². The molecular formula is C22H29ClN4O. The Labute approximate surface area is 172 Å². The molecule has 2 aromatic rings. The maximum absolute atomic E-state index is 11.7. The summed E-state index contributed by atoms with van der Waals surface area (Å²) in [7, 11) is 1.64. The summed E-state index contributed by atoms with van der Waals surface area (Å²) in [5, 5.41) is 10.1. The van der Waals surface area contributed by atoms with E-state index in [0.717, 1.165) is 61.0 Å². The van der Waals surface area contributed by atoms with Gasteiger partial charge in [0.1, 0.15) is 0 Å². The van der Waals surface area contributed by atoms with Gasteiger partial charge in [-0.1, -0.05) is 41.9 Å². The van der Waals surface area contributed by atoms with Gasteiger partial charge in [0.2, 0.25) is 0 Å². The molecular weight excluding hydrogens is 372 g/mol. The molecule has 0 aliphatic heterocycles. The molecule has 28 heavy (non-hydrogen) atoms. The average molecular weight is 401 g/mol. The zero-order valence-electron chi connectivity index (χ0n) is 16.6. The summed E-state index contributed by atoms with van der Waals surface area (Å²) in [6.07, 6.45) is 2.66. The van der Waals surface area contributed by atoms with Crippen molar-refractivity contribution in [3.05, 3.63) is 70.2 Å². The molecule has 0 unspecified atom stereocenters. The van der Waals surface area contributed by atoms with Crippen molar-refractivity contribution >= 4 is 23.5 Å². The molecule has 0 saturated heterocycles. The normalized spacial score (nSPS) is 11.2. The van der Waals surface area contributed by atoms with Crippen LogP contribution in [0.5, 0.6) is 0 Å². The third-order valence-electron chi connectivity index (χ3n) is 4.30. The predicted molar refractivity (Wildman–Crippen MR) is 117 cm³/mol. The number of benzene rings is 2. The Balaban J connectivity index is 1.81. The number of carbonyl (C=O) groups is 1. The van der Waals surface area contributed by atoms with Crippen LogP contribution in [0, 0.1) is 0 Å². The van der Waals surface area contributed by atoms with Crippen LogP contribution in [0.1, 0.15) is 34.8 Å². The Morgan fingerprint density at radius 2 is 1.89 bits per heavy atom. The topological polar surface area (TPSA) is 65.5 Å². The van der Waals surface area contributed by atoms with Gasteiger partial charge in [0, 0.05) is 37.3 Å². The van der Waals surface area contributed by atoms with Gasteiger partial charge in [0.25, 0.3) is 5.91 Å². The lowest BCUT2D eigenvalue weighted by Gasteiger charge is -2.12. The van der Waals surface area contributed by atoms with Crippen molar-refractivity contribution in [3.63, 3.8) is 0 Å². The molecule has 0 aliphatic carbocycles. The molecule has 6 heteroatoms. The molecule has 0 aliphatic rings. The van der Waals surface area contributed by atoms with E-state index in [2.05, 4.69) is 27.0 Å². The summed E-state index contributed by atoms with van der Waals surface area (Å²) in [6.45, 7) is 4.33. The number of amides is 1. The highest BCUT2D eigenvalue weighted by Gasteiger charge is 2.04. The van der Waals surface area contributed by atoms with E-state index in [1.807, 2.05) is 49.4 Å². The third-order valence-corrected chi connectivity index (χ3v) is 4.67. The summed E-state index contributed by atoms with van der Waals surface area (Å²) in [4.78, 5) is 16.4. The molecule has 5 nitrogen and oxygen atoms in total. The standard InChI is InChI=1S/C22H29ClN4O/c1-3-25-22(26-14-7-11-18-9-4-5-12-20(18)23)27-15-13-17-8-6-10-19(16-17)21(28)24-2/h4-6,8-10,12,16H,3,7,11,13-15H2,1-2H3,(H,24,28)(H2,25,26,27). The molecule has 2 rings (SSSR count). The second kappa shape index (κ2) is 12.0. The van der Waals surface area contributed by atoms with Crippen LogP contribution in [0.15, 0.2) is 53.5 Å². The molecule has 0 spiro atoms. The van der Waals surface area contributed by atoms with E-state index in [4.69, 9.17) is 11.6 Å². The van der Waals surface area contributed by atoms with Crippen LogP contribution in [-0.2, 0) is 12.8 Å². The Morgan fingerprint density at radius 3 is 2.64 bits per heavy atom. The Hall–Kier alpha value is -2.53. The van der Waals surface area contributed by atoms with Gasteiger partial charge < -0.3 is 16.0 Å². The summed E-state index contributed by atoms with van der Waals surface area (Å²) >= 11 is 6.20. The van der Waals surface area contributed by atoms with Crippen molar-refractivity contribution in [3.8, 4) is 0 Å². The van der Waals surface area contributed by atoms with Gasteiger partial charge in [-0.3, -0.25) is 9.79 Å². The number of nitrogens with one attached hydrogen (secondary N) is 3. The molecule has 0 heterocycles.